The lowest BCUT2D eigenvalue weighted by atomic mass is 10.1. The van der Waals surface area contributed by atoms with Crippen LogP contribution < -0.4 is 0 Å². The van der Waals surface area contributed by atoms with E-state index in [-0.39, 0.29) is 0 Å². The van der Waals surface area contributed by atoms with Gasteiger partial charge in [-0.05, 0) is 141 Å². The van der Waals surface area contributed by atoms with E-state index >= 15 is 0 Å². The van der Waals surface area contributed by atoms with Crippen LogP contribution in [-0.2, 0) is 0 Å². The maximum atomic E-state index is 7.32. The second-order valence-electron chi connectivity index (χ2n) is 21.6. The number of nitriles is 4. The van der Waals surface area contributed by atoms with Gasteiger partial charge in [-0.2, -0.15) is 21.0 Å². The molecule has 16 aromatic rings. The Bertz CT molecular complexity index is 5180. The number of para-hydroxylation sites is 9. The summed E-state index contributed by atoms with van der Waals surface area (Å²) in [6, 6.07) is 110. The van der Waals surface area contributed by atoms with Gasteiger partial charge in [-0.25, -0.2) is 0 Å². The maximum absolute atomic E-state index is 7.32. The summed E-state index contributed by atoms with van der Waals surface area (Å²) in [6.45, 7) is 14.4. The topological polar surface area (TPSA) is 115 Å². The monoisotopic (exact) mass is 1190 g/mol. The van der Waals surface area contributed by atoms with Gasteiger partial charge in [0.1, 0.15) is 0 Å². The summed E-state index contributed by atoms with van der Waals surface area (Å²) in [6.07, 6.45) is 0. The van der Waals surface area contributed by atoms with Crippen LogP contribution in [0.2, 0.25) is 0 Å². The molecule has 0 aliphatic rings. The molecule has 92 heavy (non-hydrogen) atoms. The molecular formula is C84H72N8. The quantitative estimate of drug-likeness (QED) is 0.175. The van der Waals surface area contributed by atoms with E-state index in [0.29, 0.717) is 0 Å². The predicted molar refractivity (Wildman–Crippen MR) is 387 cm³/mol. The highest BCUT2D eigenvalue weighted by atomic mass is 15.0. The second-order valence-corrected chi connectivity index (χ2v) is 21.6. The fourth-order valence-corrected chi connectivity index (χ4v) is 12.0. The van der Waals surface area contributed by atoms with Gasteiger partial charge in [-0.3, -0.25) is 0 Å². The average molecular weight is 1190 g/mol. The highest BCUT2D eigenvalue weighted by molar-refractivity contribution is 6.13. The fraction of sp³-hybridized carbons (Fsp3) is 0.0952. The van der Waals surface area contributed by atoms with Crippen LogP contribution in [0.3, 0.4) is 0 Å². The van der Waals surface area contributed by atoms with Crippen molar-refractivity contribution in [3.05, 3.63) is 313 Å². The molecule has 8 heteroatoms. The minimum atomic E-state index is 1.21. The molecule has 0 radical (unpaired) electrons. The molecule has 16 rings (SSSR count). The van der Waals surface area contributed by atoms with Crippen LogP contribution in [-0.4, -0.2) is 18.3 Å². The van der Waals surface area contributed by atoms with Gasteiger partial charge < -0.3 is 18.3 Å². The van der Waals surface area contributed by atoms with Gasteiger partial charge in [0.25, 0.3) is 0 Å². The second kappa shape index (κ2) is 31.1. The molecule has 0 spiro atoms. The first-order valence-electron chi connectivity index (χ1n) is 30.5. The molecule has 0 saturated carbocycles. The minimum absolute atomic E-state index is 1.21. The van der Waals surface area contributed by atoms with Crippen molar-refractivity contribution < 1.29 is 0 Å². The predicted octanol–water partition coefficient (Wildman–Crippen LogP) is 22.5. The number of fused-ring (bicyclic) bond motifs is 12. The average Bonchev–Trinajstić information content (AvgIpc) is 1.64. The molecular weight excluding hydrogens is 1120 g/mol. The lowest BCUT2D eigenvalue weighted by Crippen LogP contribution is -1.94. The van der Waals surface area contributed by atoms with Crippen molar-refractivity contribution in [2.45, 2.75) is 55.4 Å². The molecule has 4 aromatic heterocycles. The molecule has 12 aromatic carbocycles. The molecule has 8 nitrogen and oxygen atoms in total. The van der Waals surface area contributed by atoms with Crippen molar-refractivity contribution in [3.8, 4) is 47.0 Å². The van der Waals surface area contributed by atoms with Crippen LogP contribution in [0.15, 0.2) is 291 Å². The van der Waals surface area contributed by atoms with Crippen molar-refractivity contribution in [1.29, 1.82) is 21.0 Å². The van der Waals surface area contributed by atoms with Crippen molar-refractivity contribution in [2.24, 2.45) is 0 Å². The SMILES string of the molecule is CC#N.CC#N.CC#N.CC#N.Cc1ccc2c(c1)c1ccccc1n2-c1ccccc1.Cc1ccc2c3ccccc3n(-c3ccccc3)c2c1.Cc1cccc2c1c1ccccc1n2-c1ccccc1.Cc1cccc2c3ccccc3n(-c3ccccc3)c12. The number of hydrogen-bond acceptors (Lipinski definition) is 4. The number of aryl methyl sites for hydroxylation is 4. The zero-order chi connectivity index (χ0) is 64.9. The van der Waals surface area contributed by atoms with Crippen molar-refractivity contribution in [1.82, 2.24) is 18.3 Å². The summed E-state index contributed by atoms with van der Waals surface area (Å²) in [5.41, 5.74) is 20.3. The highest BCUT2D eigenvalue weighted by Crippen LogP contribution is 2.37. The van der Waals surface area contributed by atoms with Gasteiger partial charge in [0, 0.05) is 93.5 Å². The molecule has 0 bridgehead atoms. The number of rotatable bonds is 4. The van der Waals surface area contributed by atoms with Crippen LogP contribution in [0.5, 0.6) is 0 Å². The number of benzene rings is 12. The zero-order valence-corrected chi connectivity index (χ0v) is 53.3. The van der Waals surface area contributed by atoms with Crippen molar-refractivity contribution in [3.63, 3.8) is 0 Å². The van der Waals surface area contributed by atoms with E-state index in [1.807, 2.05) is 0 Å². The molecule has 4 heterocycles. The third kappa shape index (κ3) is 13.9. The van der Waals surface area contributed by atoms with E-state index in [0.717, 1.165) is 0 Å². The smallest absolute Gasteiger partial charge is 0.0587 e. The number of aromatic nitrogens is 4. The Balaban J connectivity index is 0.000000137. The van der Waals surface area contributed by atoms with Crippen LogP contribution >= 0.6 is 0 Å². The van der Waals surface area contributed by atoms with Gasteiger partial charge in [0.2, 0.25) is 0 Å². The molecule has 0 aliphatic heterocycles. The Morgan fingerprint density at radius 1 is 0.228 bits per heavy atom. The van der Waals surface area contributed by atoms with Crippen molar-refractivity contribution in [2.75, 3.05) is 0 Å². The fourth-order valence-electron chi connectivity index (χ4n) is 12.0. The van der Waals surface area contributed by atoms with Gasteiger partial charge in [0.05, 0.1) is 68.4 Å². The summed E-state index contributed by atoms with van der Waals surface area (Å²) in [7, 11) is 0. The van der Waals surface area contributed by atoms with Gasteiger partial charge in [0.15, 0.2) is 0 Å². The highest BCUT2D eigenvalue weighted by Gasteiger charge is 2.16. The summed E-state index contributed by atoms with van der Waals surface area (Å²) in [5, 5.41) is 39.9. The lowest BCUT2D eigenvalue weighted by molar-refractivity contribution is 1.17. The zero-order valence-electron chi connectivity index (χ0n) is 53.3. The van der Waals surface area contributed by atoms with E-state index in [2.05, 4.69) is 337 Å². The van der Waals surface area contributed by atoms with Crippen LogP contribution in [0, 0.1) is 73.0 Å². The Morgan fingerprint density at radius 3 is 1.01 bits per heavy atom. The molecule has 0 N–H and O–H groups in total. The summed E-state index contributed by atoms with van der Waals surface area (Å²) >= 11 is 0. The maximum Gasteiger partial charge on any atom is 0.0587 e. The first-order chi connectivity index (χ1) is 45.1. The standard InChI is InChI=1S/4C19H15N.4C2H3N/c1-14-8-7-12-17-16-11-5-6-13-18(16)20(19(14)17)15-9-3-2-4-10-15;1-14-8-7-13-18-19(14)16-11-5-6-12-17(16)20(18)15-9-3-2-4-10-15;1-14-11-12-19-17(13-14)16-9-5-6-10-18(16)20(19)15-7-3-2-4-8-15;1-14-11-12-17-16-9-5-6-10-18(16)20(19(17)13-14)15-7-3-2-4-8-15;4*1-2-3/h4*2-13H,1H3;4*1H3. The van der Waals surface area contributed by atoms with Crippen LogP contribution in [0.4, 0.5) is 0 Å². The largest absolute Gasteiger partial charge is 0.309 e. The Kier molecular flexibility index (Phi) is 21.7. The molecule has 0 amide bonds. The van der Waals surface area contributed by atoms with E-state index in [1.165, 1.54) is 160 Å². The summed E-state index contributed by atoms with van der Waals surface area (Å²) < 4.78 is 9.39. The van der Waals surface area contributed by atoms with Gasteiger partial charge in [-0.15, -0.1) is 0 Å². The molecule has 0 atom stereocenters. The van der Waals surface area contributed by atoms with Crippen LogP contribution in [0.25, 0.3) is 110 Å². The number of nitrogens with zero attached hydrogens (tertiary/aromatic N) is 8. The lowest BCUT2D eigenvalue weighted by Gasteiger charge is -2.08. The first-order valence-corrected chi connectivity index (χ1v) is 30.5. The molecule has 0 unspecified atom stereocenters. The van der Waals surface area contributed by atoms with Crippen molar-refractivity contribution >= 4 is 87.2 Å². The Morgan fingerprint density at radius 2 is 0.522 bits per heavy atom. The van der Waals surface area contributed by atoms with Gasteiger partial charge >= 0.3 is 0 Å². The van der Waals surface area contributed by atoms with E-state index in [9.17, 15) is 0 Å². The van der Waals surface area contributed by atoms with E-state index in [4.69, 9.17) is 21.0 Å². The van der Waals surface area contributed by atoms with Gasteiger partial charge in [-0.1, -0.05) is 200 Å². The third-order valence-electron chi connectivity index (χ3n) is 15.5. The Labute approximate surface area is 539 Å². The molecule has 448 valence electrons. The first kappa shape index (κ1) is 64.3. The van der Waals surface area contributed by atoms with Crippen LogP contribution in [0.1, 0.15) is 49.9 Å². The third-order valence-corrected chi connectivity index (χ3v) is 15.5. The summed E-state index contributed by atoms with van der Waals surface area (Å²) in [4.78, 5) is 0. The molecule has 0 aliphatic carbocycles. The van der Waals surface area contributed by atoms with E-state index in [1.54, 1.807) is 24.3 Å². The Hall–Kier alpha value is -12.2. The minimum Gasteiger partial charge on any atom is -0.309 e. The van der Waals surface area contributed by atoms with E-state index < -0.39 is 0 Å². The number of hydrogen-bond donors (Lipinski definition) is 0. The molecule has 0 saturated heterocycles. The molecule has 0 fully saturated rings. The summed E-state index contributed by atoms with van der Waals surface area (Å²) in [5.74, 6) is 0. The normalized spacial score (nSPS) is 10.1.